The van der Waals surface area contributed by atoms with E-state index in [1.54, 1.807) is 6.20 Å². The van der Waals surface area contributed by atoms with Gasteiger partial charge in [-0.2, -0.15) is 0 Å². The number of rotatable bonds is 5. The normalized spacial score (nSPS) is 12.2. The zero-order valence-corrected chi connectivity index (χ0v) is 11.7. The van der Waals surface area contributed by atoms with Crippen molar-refractivity contribution in [3.05, 3.63) is 60.2 Å². The van der Waals surface area contributed by atoms with Gasteiger partial charge >= 0.3 is 0 Å². The molecule has 0 radical (unpaired) electrons. The Labute approximate surface area is 118 Å². The van der Waals surface area contributed by atoms with E-state index in [1.165, 1.54) is 12.4 Å². The summed E-state index contributed by atoms with van der Waals surface area (Å²) >= 11 is 0. The number of aromatic nitrogens is 2. The Morgan fingerprint density at radius 1 is 1.25 bits per heavy atom. The van der Waals surface area contributed by atoms with Gasteiger partial charge in [0.2, 0.25) is 0 Å². The highest BCUT2D eigenvalue weighted by Crippen LogP contribution is 2.16. The Balaban J connectivity index is 2.02. The maximum Gasteiger partial charge on any atom is 0.271 e. The first-order valence-electron chi connectivity index (χ1n) is 6.44. The molecule has 5 heteroatoms. The molecule has 1 aromatic carbocycles. The maximum absolute atomic E-state index is 12.0. The average Bonchev–Trinajstić information content (AvgIpc) is 2.49. The van der Waals surface area contributed by atoms with Gasteiger partial charge in [0.1, 0.15) is 5.69 Å². The molecule has 2 aromatic rings. The molecule has 1 heterocycles. The van der Waals surface area contributed by atoms with E-state index in [0.29, 0.717) is 12.2 Å². The van der Waals surface area contributed by atoms with E-state index in [-0.39, 0.29) is 11.9 Å². The Morgan fingerprint density at radius 2 is 2.00 bits per heavy atom. The number of nitrogens with zero attached hydrogens (tertiary/aromatic N) is 3. The Kier molecular flexibility index (Phi) is 4.79. The summed E-state index contributed by atoms with van der Waals surface area (Å²) in [5.74, 6) is -0.208. The number of hydrogen-bond donors (Lipinski definition) is 1. The lowest BCUT2D eigenvalue weighted by Crippen LogP contribution is -2.34. The number of nitrogens with one attached hydrogen (secondary N) is 1. The van der Waals surface area contributed by atoms with Crippen LogP contribution in [0.15, 0.2) is 48.9 Å². The van der Waals surface area contributed by atoms with Gasteiger partial charge in [0.05, 0.1) is 12.2 Å². The number of amides is 1. The van der Waals surface area contributed by atoms with E-state index < -0.39 is 0 Å². The number of hydrogen-bond acceptors (Lipinski definition) is 4. The SMILES string of the molecule is CN(C)C(CNC(=O)c1cnccn1)c1ccccc1. The molecule has 0 fully saturated rings. The molecule has 1 unspecified atom stereocenters. The Hall–Kier alpha value is -2.27. The number of benzene rings is 1. The van der Waals surface area contributed by atoms with Gasteiger partial charge in [-0.25, -0.2) is 4.98 Å². The van der Waals surface area contributed by atoms with Crippen LogP contribution in [0.2, 0.25) is 0 Å². The molecule has 0 saturated heterocycles. The van der Waals surface area contributed by atoms with E-state index in [2.05, 4.69) is 32.3 Å². The largest absolute Gasteiger partial charge is 0.349 e. The second-order valence-electron chi connectivity index (χ2n) is 4.69. The molecule has 1 aromatic heterocycles. The molecule has 2 rings (SSSR count). The van der Waals surface area contributed by atoms with E-state index in [1.807, 2.05) is 32.3 Å². The van der Waals surface area contributed by atoms with E-state index in [9.17, 15) is 4.79 Å². The molecular formula is C15H18N4O. The standard InChI is InChI=1S/C15H18N4O/c1-19(2)14(12-6-4-3-5-7-12)11-18-15(20)13-10-16-8-9-17-13/h3-10,14H,11H2,1-2H3,(H,18,20). The van der Waals surface area contributed by atoms with E-state index in [0.717, 1.165) is 5.56 Å². The first-order valence-corrected chi connectivity index (χ1v) is 6.44. The van der Waals surface area contributed by atoms with Crippen LogP contribution in [0.4, 0.5) is 0 Å². The minimum absolute atomic E-state index is 0.122. The van der Waals surface area contributed by atoms with Gasteiger partial charge in [0.25, 0.3) is 5.91 Å². The Morgan fingerprint density at radius 3 is 2.60 bits per heavy atom. The number of likely N-dealkylation sites (N-methyl/N-ethyl adjacent to an activating group) is 1. The molecule has 1 atom stereocenters. The van der Waals surface area contributed by atoms with Crippen LogP contribution in [0, 0.1) is 0 Å². The summed E-state index contributed by atoms with van der Waals surface area (Å²) < 4.78 is 0. The highest BCUT2D eigenvalue weighted by Gasteiger charge is 2.15. The van der Waals surface area contributed by atoms with Gasteiger partial charge in [-0.1, -0.05) is 30.3 Å². The van der Waals surface area contributed by atoms with E-state index >= 15 is 0 Å². The number of carbonyl (C=O) groups is 1. The highest BCUT2D eigenvalue weighted by atomic mass is 16.1. The van der Waals surface area contributed by atoms with Gasteiger partial charge in [0, 0.05) is 18.9 Å². The van der Waals surface area contributed by atoms with Crippen LogP contribution in [0.25, 0.3) is 0 Å². The fraction of sp³-hybridized carbons (Fsp3) is 0.267. The van der Waals surface area contributed by atoms with E-state index in [4.69, 9.17) is 0 Å². The molecular weight excluding hydrogens is 252 g/mol. The molecule has 0 aliphatic carbocycles. The summed E-state index contributed by atoms with van der Waals surface area (Å²) in [6.45, 7) is 0.520. The molecule has 5 nitrogen and oxygen atoms in total. The lowest BCUT2D eigenvalue weighted by Gasteiger charge is -2.25. The summed E-state index contributed by atoms with van der Waals surface area (Å²) in [6, 6.07) is 10.2. The van der Waals surface area contributed by atoms with Gasteiger partial charge < -0.3 is 10.2 Å². The van der Waals surface area contributed by atoms with Crippen LogP contribution < -0.4 is 5.32 Å². The zero-order valence-electron chi connectivity index (χ0n) is 11.7. The minimum Gasteiger partial charge on any atom is -0.349 e. The minimum atomic E-state index is -0.208. The van der Waals surface area contributed by atoms with Gasteiger partial charge in [-0.05, 0) is 19.7 Å². The third kappa shape index (κ3) is 3.61. The monoisotopic (exact) mass is 270 g/mol. The van der Waals surface area contributed by atoms with Crippen LogP contribution in [0.3, 0.4) is 0 Å². The molecule has 104 valence electrons. The van der Waals surface area contributed by atoms with Gasteiger partial charge in [-0.3, -0.25) is 9.78 Å². The molecule has 0 saturated carbocycles. The lowest BCUT2D eigenvalue weighted by molar-refractivity contribution is 0.0936. The molecule has 0 spiro atoms. The topological polar surface area (TPSA) is 58.1 Å². The smallest absolute Gasteiger partial charge is 0.271 e. The Bertz CT molecular complexity index is 542. The van der Waals surface area contributed by atoms with Crippen LogP contribution in [-0.2, 0) is 0 Å². The summed E-state index contributed by atoms with van der Waals surface area (Å²) in [5.41, 5.74) is 1.50. The first-order chi connectivity index (χ1) is 9.68. The fourth-order valence-electron chi connectivity index (χ4n) is 1.97. The highest BCUT2D eigenvalue weighted by molar-refractivity contribution is 5.91. The van der Waals surface area contributed by atoms with Crippen molar-refractivity contribution in [3.63, 3.8) is 0 Å². The summed E-state index contributed by atoms with van der Waals surface area (Å²) in [7, 11) is 3.98. The van der Waals surface area contributed by atoms with Crippen molar-refractivity contribution in [2.75, 3.05) is 20.6 Å². The van der Waals surface area contributed by atoms with Crippen molar-refractivity contribution >= 4 is 5.91 Å². The summed E-state index contributed by atoms with van der Waals surface area (Å²) in [5, 5.41) is 2.90. The van der Waals surface area contributed by atoms with Crippen molar-refractivity contribution < 1.29 is 4.79 Å². The van der Waals surface area contributed by atoms with Crippen LogP contribution in [0.5, 0.6) is 0 Å². The second kappa shape index (κ2) is 6.77. The molecule has 1 amide bonds. The van der Waals surface area contributed by atoms with Gasteiger partial charge in [-0.15, -0.1) is 0 Å². The molecule has 0 aliphatic heterocycles. The van der Waals surface area contributed by atoms with Gasteiger partial charge in [0.15, 0.2) is 0 Å². The summed E-state index contributed by atoms with van der Waals surface area (Å²) in [4.78, 5) is 21.9. The van der Waals surface area contributed by atoms with Crippen molar-refractivity contribution in [2.24, 2.45) is 0 Å². The fourth-order valence-corrected chi connectivity index (χ4v) is 1.97. The molecule has 1 N–H and O–H groups in total. The third-order valence-corrected chi connectivity index (χ3v) is 3.06. The van der Waals surface area contributed by atoms with Crippen molar-refractivity contribution in [2.45, 2.75) is 6.04 Å². The average molecular weight is 270 g/mol. The predicted molar refractivity (Wildman–Crippen MR) is 77.2 cm³/mol. The van der Waals surface area contributed by atoms with Crippen molar-refractivity contribution in [1.82, 2.24) is 20.2 Å². The maximum atomic E-state index is 12.0. The quantitative estimate of drug-likeness (QED) is 0.894. The van der Waals surface area contributed by atoms with Crippen molar-refractivity contribution in [3.8, 4) is 0 Å². The number of carbonyl (C=O) groups excluding carboxylic acids is 1. The molecule has 20 heavy (non-hydrogen) atoms. The predicted octanol–water partition coefficient (Wildman–Crippen LogP) is 1.51. The van der Waals surface area contributed by atoms with Crippen LogP contribution >= 0.6 is 0 Å². The van der Waals surface area contributed by atoms with Crippen molar-refractivity contribution in [1.29, 1.82) is 0 Å². The molecule has 0 bridgehead atoms. The zero-order chi connectivity index (χ0) is 14.4. The molecule has 0 aliphatic rings. The lowest BCUT2D eigenvalue weighted by atomic mass is 10.1. The van der Waals surface area contributed by atoms with Crippen LogP contribution in [0.1, 0.15) is 22.1 Å². The third-order valence-electron chi connectivity index (χ3n) is 3.06. The van der Waals surface area contributed by atoms with Crippen LogP contribution in [-0.4, -0.2) is 41.4 Å². The summed E-state index contributed by atoms with van der Waals surface area (Å²) in [6.07, 6.45) is 4.52. The first kappa shape index (κ1) is 14.1. The second-order valence-corrected chi connectivity index (χ2v) is 4.69.